The molecular weight excluding hydrogens is 235 g/mol. The van der Waals surface area contributed by atoms with Crippen LogP contribution in [-0.2, 0) is 0 Å². The highest BCUT2D eigenvalue weighted by Crippen LogP contribution is 2.42. The van der Waals surface area contributed by atoms with E-state index in [-0.39, 0.29) is 0 Å². The van der Waals surface area contributed by atoms with E-state index in [2.05, 4.69) is 13.5 Å². The van der Waals surface area contributed by atoms with Crippen molar-refractivity contribution >= 4 is 25.1 Å². The van der Waals surface area contributed by atoms with Gasteiger partial charge < -0.3 is 4.52 Å². The fourth-order valence-electron chi connectivity index (χ4n) is 0.907. The lowest BCUT2D eigenvalue weighted by Crippen LogP contribution is -1.78. The second-order valence-electron chi connectivity index (χ2n) is 2.67. The van der Waals surface area contributed by atoms with Crippen LogP contribution in [-0.4, -0.2) is 0 Å². The lowest BCUT2D eigenvalue weighted by Gasteiger charge is -2.05. The summed E-state index contributed by atoms with van der Waals surface area (Å²) in [6.45, 7) is 2.05. The van der Waals surface area contributed by atoms with Crippen LogP contribution in [0, 0.1) is 6.92 Å². The maximum atomic E-state index is 5.60. The first-order chi connectivity index (χ1) is 6.84. The molecule has 2 rings (SSSR count). The third-order valence-corrected chi connectivity index (χ3v) is 4.71. The molecule has 0 saturated heterocycles. The van der Waals surface area contributed by atoms with Crippen molar-refractivity contribution in [1.29, 1.82) is 0 Å². The highest BCUT2D eigenvalue weighted by atomic mass is 31.2. The van der Waals surface area contributed by atoms with Crippen molar-refractivity contribution in [2.75, 3.05) is 0 Å². The molecular formula is C7H8N3OP3. The van der Waals surface area contributed by atoms with Crippen LogP contribution in [0.2, 0.25) is 0 Å². The standard InChI is InChI=1S/C7H8N3OP3/c1-6-2-4-7(5-3-6)11-14-9-12-8-13-10-14/h2-5,14H,1H3. The molecule has 7 heteroatoms. The van der Waals surface area contributed by atoms with E-state index in [1.54, 1.807) is 0 Å². The molecule has 0 saturated carbocycles. The topological polar surface area (TPSA) is 46.3 Å². The van der Waals surface area contributed by atoms with Gasteiger partial charge in [-0.2, -0.15) is 13.5 Å². The quantitative estimate of drug-likeness (QED) is 0.694. The Labute approximate surface area is 86.2 Å². The molecule has 72 valence electrons. The molecule has 1 atom stereocenters. The fourth-order valence-corrected chi connectivity index (χ4v) is 3.90. The molecule has 0 bridgehead atoms. The molecule has 0 fully saturated rings. The van der Waals surface area contributed by atoms with Crippen molar-refractivity contribution in [2.24, 2.45) is 13.5 Å². The Balaban J connectivity index is 2.11. The van der Waals surface area contributed by atoms with Gasteiger partial charge in [0.1, 0.15) is 5.75 Å². The predicted molar refractivity (Wildman–Crippen MR) is 61.2 cm³/mol. The first-order valence-electron chi connectivity index (χ1n) is 3.98. The summed E-state index contributed by atoms with van der Waals surface area (Å²) in [6.07, 6.45) is 0. The number of hydrogen-bond acceptors (Lipinski definition) is 4. The number of benzene rings is 1. The van der Waals surface area contributed by atoms with Gasteiger partial charge in [0.15, 0.2) is 17.0 Å². The van der Waals surface area contributed by atoms with E-state index in [0.29, 0.717) is 0 Å². The minimum Gasteiger partial charge on any atom is -0.443 e. The Kier molecular flexibility index (Phi) is 3.42. The second kappa shape index (κ2) is 4.79. The van der Waals surface area contributed by atoms with Crippen molar-refractivity contribution in [3.05, 3.63) is 29.8 Å². The van der Waals surface area contributed by atoms with Crippen molar-refractivity contribution < 1.29 is 4.52 Å². The molecule has 1 unspecified atom stereocenters. The maximum Gasteiger partial charge on any atom is 0.249 e. The van der Waals surface area contributed by atoms with Crippen LogP contribution in [0.3, 0.4) is 0 Å². The van der Waals surface area contributed by atoms with E-state index in [9.17, 15) is 0 Å². The number of nitrogens with zero attached hydrogens (tertiary/aromatic N) is 3. The molecule has 14 heavy (non-hydrogen) atoms. The van der Waals surface area contributed by atoms with Crippen LogP contribution >= 0.6 is 25.1 Å². The van der Waals surface area contributed by atoms with E-state index >= 15 is 0 Å². The zero-order chi connectivity index (χ0) is 9.80. The van der Waals surface area contributed by atoms with E-state index < -0.39 is 8.09 Å². The third-order valence-electron chi connectivity index (χ3n) is 1.57. The van der Waals surface area contributed by atoms with E-state index in [0.717, 1.165) is 22.8 Å². The summed E-state index contributed by atoms with van der Waals surface area (Å²) < 4.78 is 17.9. The molecule has 0 radical (unpaired) electrons. The van der Waals surface area contributed by atoms with Crippen molar-refractivity contribution in [3.63, 3.8) is 0 Å². The summed E-state index contributed by atoms with van der Waals surface area (Å²) in [5, 5.41) is 0. The highest BCUT2D eigenvalue weighted by molar-refractivity contribution is 7.56. The Morgan fingerprint density at radius 2 is 2.00 bits per heavy atom. The fraction of sp³-hybridized carbons (Fsp3) is 0.143. The predicted octanol–water partition coefficient (Wildman–Crippen LogP) is 4.70. The van der Waals surface area contributed by atoms with Gasteiger partial charge in [-0.25, -0.2) is 0 Å². The average molecular weight is 243 g/mol. The van der Waals surface area contributed by atoms with Gasteiger partial charge in [0.25, 0.3) is 0 Å². The molecule has 0 aromatic heterocycles. The normalized spacial score (nSPS) is 21.4. The molecule has 1 heterocycles. The highest BCUT2D eigenvalue weighted by Gasteiger charge is 1.99. The first-order valence-corrected chi connectivity index (χ1v) is 6.88. The average Bonchev–Trinajstić information content (AvgIpc) is 2.23. The van der Waals surface area contributed by atoms with Crippen LogP contribution in [0.25, 0.3) is 0 Å². The minimum atomic E-state index is -1.38. The Morgan fingerprint density at radius 1 is 1.21 bits per heavy atom. The largest absolute Gasteiger partial charge is 0.443 e. The van der Waals surface area contributed by atoms with Crippen LogP contribution in [0.4, 0.5) is 0 Å². The summed E-state index contributed by atoms with van der Waals surface area (Å²) in [6, 6.07) is 7.91. The minimum absolute atomic E-state index is 0.743. The van der Waals surface area contributed by atoms with Gasteiger partial charge in [-0.05, 0) is 19.1 Å². The molecule has 1 aromatic carbocycles. The van der Waals surface area contributed by atoms with Gasteiger partial charge >= 0.3 is 0 Å². The van der Waals surface area contributed by atoms with Crippen LogP contribution in [0.5, 0.6) is 5.75 Å². The number of aryl methyl sites for hydroxylation is 1. The van der Waals surface area contributed by atoms with Crippen molar-refractivity contribution in [1.82, 2.24) is 0 Å². The molecule has 1 aliphatic rings. The van der Waals surface area contributed by atoms with Gasteiger partial charge in [0, 0.05) is 0 Å². The van der Waals surface area contributed by atoms with Crippen molar-refractivity contribution in [2.45, 2.75) is 6.92 Å². The lowest BCUT2D eigenvalue weighted by atomic mass is 10.2. The molecule has 0 amide bonds. The summed E-state index contributed by atoms with van der Waals surface area (Å²) in [5.74, 6) is 0.837. The van der Waals surface area contributed by atoms with Crippen LogP contribution in [0.1, 0.15) is 5.56 Å². The second-order valence-corrected chi connectivity index (χ2v) is 6.11. The maximum absolute atomic E-state index is 5.60. The zero-order valence-corrected chi connectivity index (χ0v) is 10.2. The number of rotatable bonds is 2. The van der Waals surface area contributed by atoms with E-state index in [4.69, 9.17) is 4.52 Å². The molecule has 1 aliphatic heterocycles. The zero-order valence-electron chi connectivity index (χ0n) is 7.45. The molecule has 0 aliphatic carbocycles. The van der Waals surface area contributed by atoms with Gasteiger partial charge in [-0.15, -0.1) is 0 Å². The Hall–Kier alpha value is -0.550. The van der Waals surface area contributed by atoms with E-state index in [1.807, 2.05) is 31.2 Å². The summed E-state index contributed by atoms with van der Waals surface area (Å²) in [4.78, 5) is 0. The van der Waals surface area contributed by atoms with Gasteiger partial charge in [0.2, 0.25) is 8.09 Å². The summed E-state index contributed by atoms with van der Waals surface area (Å²) >= 11 is 0. The van der Waals surface area contributed by atoms with Crippen molar-refractivity contribution in [3.8, 4) is 5.75 Å². The summed E-state index contributed by atoms with van der Waals surface area (Å²) in [5.41, 5.74) is 1.22. The first kappa shape index (κ1) is 9.98. The van der Waals surface area contributed by atoms with Crippen LogP contribution in [0.15, 0.2) is 37.8 Å². The SMILES string of the molecule is Cc1ccc(O[PH]2=NP=NP=N2)cc1. The van der Waals surface area contributed by atoms with Gasteiger partial charge in [-0.1, -0.05) is 17.7 Å². The number of hydrogen-bond donors (Lipinski definition) is 0. The Bertz CT molecular complexity index is 413. The third kappa shape index (κ3) is 2.72. The van der Waals surface area contributed by atoms with E-state index in [1.165, 1.54) is 5.56 Å². The smallest absolute Gasteiger partial charge is 0.249 e. The van der Waals surface area contributed by atoms with Gasteiger partial charge in [0.05, 0.1) is 0 Å². The van der Waals surface area contributed by atoms with Gasteiger partial charge in [-0.3, -0.25) is 0 Å². The lowest BCUT2D eigenvalue weighted by molar-refractivity contribution is 0.624. The molecule has 0 spiro atoms. The summed E-state index contributed by atoms with van der Waals surface area (Å²) in [7, 11) is 0.104. The molecule has 4 nitrogen and oxygen atoms in total. The monoisotopic (exact) mass is 243 g/mol. The molecule has 1 aromatic rings. The molecule has 0 N–H and O–H groups in total. The Morgan fingerprint density at radius 3 is 2.64 bits per heavy atom. The van der Waals surface area contributed by atoms with Crippen LogP contribution < -0.4 is 4.52 Å².